The Morgan fingerprint density at radius 2 is 0.365 bits per heavy atom. The van der Waals surface area contributed by atoms with E-state index in [1.807, 2.05) is 0 Å². The molecule has 16 aliphatic carbocycles. The summed E-state index contributed by atoms with van der Waals surface area (Å²) in [5.74, 6) is 20.8. The van der Waals surface area contributed by atoms with Gasteiger partial charge in [0.1, 0.15) is 0 Å². The molecule has 0 aromatic heterocycles. The van der Waals surface area contributed by atoms with Crippen LogP contribution >= 0.6 is 0 Å². The van der Waals surface area contributed by atoms with Crippen molar-refractivity contribution in [2.75, 3.05) is 0 Å². The minimum Gasteiger partial charge on any atom is -0.294 e. The minimum absolute atomic E-state index is 0.466. The molecule has 16 aliphatic rings. The van der Waals surface area contributed by atoms with E-state index in [0.717, 1.165) is 203 Å². The van der Waals surface area contributed by atoms with Crippen LogP contribution in [0.4, 0.5) is 0 Å². The third-order valence-corrected chi connectivity index (χ3v) is 45.1. The fourth-order valence-electron chi connectivity index (χ4n) is 37.3. The summed E-state index contributed by atoms with van der Waals surface area (Å²) in [7, 11) is 0. The summed E-state index contributed by atoms with van der Waals surface area (Å²) in [5.41, 5.74) is 1.86. The first-order chi connectivity index (χ1) is 60.7. The summed E-state index contributed by atoms with van der Waals surface area (Å²) in [6.07, 6.45) is 104. The lowest BCUT2D eigenvalue weighted by molar-refractivity contribution is -0.197. The Morgan fingerprint density at radius 1 is 0.190 bits per heavy atom. The average molecular weight is 1740 g/mol. The van der Waals surface area contributed by atoms with Crippen LogP contribution in [0.1, 0.15) is 547 Å². The lowest BCUT2D eigenvalue weighted by Gasteiger charge is -2.69. The molecule has 16 fully saturated rings. The van der Waals surface area contributed by atoms with E-state index in [1.165, 1.54) is 270 Å². The van der Waals surface area contributed by atoms with Gasteiger partial charge in [0.05, 0.1) is 0 Å². The van der Waals surface area contributed by atoms with E-state index >= 15 is 0 Å². The molecule has 0 spiro atoms. The third kappa shape index (κ3) is 24.2. The van der Waals surface area contributed by atoms with Crippen molar-refractivity contribution in [3.05, 3.63) is 0 Å². The highest BCUT2D eigenvalue weighted by Crippen LogP contribution is 2.66. The van der Waals surface area contributed by atoms with Gasteiger partial charge in [0.25, 0.3) is 0 Å². The van der Waals surface area contributed by atoms with Crippen molar-refractivity contribution in [3.63, 3.8) is 0 Å². The van der Waals surface area contributed by atoms with Crippen LogP contribution < -0.4 is 0 Å². The third-order valence-electron chi connectivity index (χ3n) is 45.1. The van der Waals surface area contributed by atoms with Crippen molar-refractivity contribution in [1.29, 1.82) is 0 Å². The molecule has 0 N–H and O–H groups in total. The van der Waals surface area contributed by atoms with Gasteiger partial charge in [-0.25, -0.2) is 0 Å². The molecule has 0 aliphatic heterocycles. The van der Waals surface area contributed by atoms with E-state index in [0.29, 0.717) is 21.7 Å². The zero-order valence-electron chi connectivity index (χ0n) is 87.5. The van der Waals surface area contributed by atoms with Crippen molar-refractivity contribution in [3.8, 4) is 0 Å². The van der Waals surface area contributed by atoms with Crippen molar-refractivity contribution >= 4 is 0 Å². The van der Waals surface area contributed by atoms with Crippen LogP contribution in [0.3, 0.4) is 0 Å². The van der Waals surface area contributed by atoms with Crippen molar-refractivity contribution in [1.82, 2.24) is 19.6 Å². The van der Waals surface area contributed by atoms with Crippen molar-refractivity contribution in [2.45, 2.75) is 620 Å². The minimum atomic E-state index is 0.466. The smallest absolute Gasteiger partial charge is 0.0147 e. The molecule has 0 aromatic carbocycles. The number of hydrogen-bond acceptors (Lipinski definition) is 4. The summed E-state index contributed by atoms with van der Waals surface area (Å²) in [5, 5.41) is 0. The molecule has 4 nitrogen and oxygen atoms in total. The van der Waals surface area contributed by atoms with Crippen molar-refractivity contribution in [2.24, 2.45) is 152 Å². The van der Waals surface area contributed by atoms with Gasteiger partial charge in [-0.05, 0) is 499 Å². The van der Waals surface area contributed by atoms with Gasteiger partial charge in [-0.15, -0.1) is 0 Å². The lowest BCUT2D eigenvalue weighted by atomic mass is 9.44. The van der Waals surface area contributed by atoms with Gasteiger partial charge in [-0.3, -0.25) is 19.6 Å². The standard InChI is InChI=1S/C122H218N4/c1-17-19-21-23-25-27-29-87-35-67-103(68-36-87)123(101-63-31-85(3)32-64-101)113-83-115(125(105-71-47-93(48-72-105)89-39-55-97(56-40-89)119(5,6)7)106-73-49-94(50-74-106)90-41-57-98(58-42-90)120(8,9)10)111-82-80-110-114(124(102-65-33-86(4)34-66-102)104-69-37-88(38-70-104)30-28-26-24-22-20-18-2)84-116(112-81-79-109(113)117(111)118(110)112)126(107-75-51-95(52-76-107)91-43-59-99(60-44-91)121(11,12)13)108-77-53-96(54-78-108)92-45-61-100(62-46-92)122(14,15)16/h85-118H,17-84H2,1-16H3. The monoisotopic (exact) mass is 1740 g/mol. The second-order valence-corrected chi connectivity index (χ2v) is 56.0. The molecular formula is C122H218N4. The SMILES string of the molecule is CCCCCCCCC1CCC(N(C2CCC(C)CC2)C2CC(N(C3CCC(C4CCC(C(C)(C)C)CC4)CC3)C3CCC(C4CCC(C(C)(C)C)CC4)CC3)C3CCC4C5C(CCC2C35)C(N(C2CCC(C3CCC(C(C)(C)C)CC3)CC2)C2CCC(C3CCC(C(C)(C)C)CC3)CC2)CC4N(C2CCC(C)CC2)C2CCC(CCCCCCCC)CC2)CC1. The maximum absolute atomic E-state index is 3.78. The van der Waals surface area contributed by atoms with Gasteiger partial charge in [0.15, 0.2) is 0 Å². The maximum atomic E-state index is 3.78. The maximum Gasteiger partial charge on any atom is 0.0147 e. The van der Waals surface area contributed by atoms with Gasteiger partial charge in [0.2, 0.25) is 0 Å². The quantitative estimate of drug-likeness (QED) is 0.0665. The first-order valence-corrected chi connectivity index (χ1v) is 59.8. The fourth-order valence-corrected chi connectivity index (χ4v) is 37.3. The first-order valence-electron chi connectivity index (χ1n) is 59.8. The first kappa shape index (κ1) is 98.9. The topological polar surface area (TPSA) is 13.0 Å². The second kappa shape index (κ2) is 45.2. The van der Waals surface area contributed by atoms with Crippen LogP contribution in [-0.4, -0.2) is 92.1 Å². The van der Waals surface area contributed by atoms with Gasteiger partial charge >= 0.3 is 0 Å². The Morgan fingerprint density at radius 3 is 0.563 bits per heavy atom. The molecular weight excluding hydrogens is 1520 g/mol. The number of rotatable bonds is 30. The summed E-state index contributed by atoms with van der Waals surface area (Å²) in [6.45, 7) is 41.3. The number of hydrogen-bond donors (Lipinski definition) is 0. The predicted molar refractivity (Wildman–Crippen MR) is 544 cm³/mol. The van der Waals surface area contributed by atoms with Gasteiger partial charge in [0, 0.05) is 72.5 Å². The number of unbranched alkanes of at least 4 members (excludes halogenated alkanes) is 10. The summed E-state index contributed by atoms with van der Waals surface area (Å²) >= 11 is 0. The Hall–Kier alpha value is -0.160. The zero-order valence-corrected chi connectivity index (χ0v) is 87.5. The van der Waals surface area contributed by atoms with Crippen LogP contribution in [0, 0.1) is 152 Å². The van der Waals surface area contributed by atoms with Crippen LogP contribution in [0.2, 0.25) is 0 Å². The molecule has 0 aromatic rings. The van der Waals surface area contributed by atoms with Crippen LogP contribution in [0.5, 0.6) is 0 Å². The summed E-state index contributed by atoms with van der Waals surface area (Å²) in [6, 6.07) is 9.66. The Labute approximate surface area is 786 Å². The molecule has 126 heavy (non-hydrogen) atoms. The molecule has 16 saturated carbocycles. The zero-order chi connectivity index (χ0) is 88.0. The Kier molecular flexibility index (Phi) is 35.5. The summed E-state index contributed by atoms with van der Waals surface area (Å²) < 4.78 is 0. The fraction of sp³-hybridized carbons (Fsp3) is 1.00. The van der Waals surface area contributed by atoms with Gasteiger partial charge < -0.3 is 0 Å². The number of nitrogens with zero attached hydrogens (tertiary/aromatic N) is 4. The van der Waals surface area contributed by atoms with Crippen molar-refractivity contribution < 1.29 is 0 Å². The predicted octanol–water partition coefficient (Wildman–Crippen LogP) is 35.2. The average Bonchev–Trinajstić information content (AvgIpc) is 0.698. The van der Waals surface area contributed by atoms with Gasteiger partial charge in [-0.1, -0.05) is 201 Å². The molecule has 0 saturated heterocycles. The molecule has 10 atom stereocenters. The Balaban J connectivity index is 0.793. The molecule has 0 heterocycles. The van der Waals surface area contributed by atoms with E-state index in [-0.39, 0.29) is 0 Å². The van der Waals surface area contributed by atoms with E-state index in [1.54, 1.807) is 167 Å². The molecule has 0 radical (unpaired) electrons. The normalized spacial score (nSPS) is 43.5. The molecule has 726 valence electrons. The molecule has 0 amide bonds. The highest BCUT2D eigenvalue weighted by atomic mass is 15.3. The highest BCUT2D eigenvalue weighted by Gasteiger charge is 2.65. The largest absolute Gasteiger partial charge is 0.294 e. The van der Waals surface area contributed by atoms with Crippen LogP contribution in [0.15, 0.2) is 0 Å². The molecule has 0 bridgehead atoms. The van der Waals surface area contributed by atoms with E-state index < -0.39 is 0 Å². The van der Waals surface area contributed by atoms with Crippen LogP contribution in [0.25, 0.3) is 0 Å². The van der Waals surface area contributed by atoms with E-state index in [2.05, 4.69) is 130 Å². The molecule has 16 rings (SSSR count). The van der Waals surface area contributed by atoms with E-state index in [9.17, 15) is 0 Å². The summed E-state index contributed by atoms with van der Waals surface area (Å²) in [4.78, 5) is 15.0. The van der Waals surface area contributed by atoms with Crippen LogP contribution in [-0.2, 0) is 0 Å². The molecule has 4 heteroatoms. The van der Waals surface area contributed by atoms with E-state index in [4.69, 9.17) is 0 Å². The second-order valence-electron chi connectivity index (χ2n) is 56.0. The lowest BCUT2D eigenvalue weighted by Crippen LogP contribution is -2.72. The molecule has 10 unspecified atom stereocenters. The van der Waals surface area contributed by atoms with Gasteiger partial charge in [-0.2, -0.15) is 0 Å². The Bertz CT molecular complexity index is 2740. The highest BCUT2D eigenvalue weighted by molar-refractivity contribution is 5.18.